The number of H-pyrrole nitrogens is 1. The summed E-state index contributed by atoms with van der Waals surface area (Å²) < 4.78 is 3.83. The second-order valence-electron chi connectivity index (χ2n) is 4.76. The van der Waals surface area contributed by atoms with Crippen LogP contribution in [0.4, 0.5) is 16.2 Å². The van der Waals surface area contributed by atoms with Crippen LogP contribution in [0, 0.1) is 13.8 Å². The molecule has 0 unspecified atom stereocenters. The maximum absolute atomic E-state index is 12.0. The molecule has 0 bridgehead atoms. The van der Waals surface area contributed by atoms with Crippen molar-refractivity contribution in [3.8, 4) is 11.3 Å². The summed E-state index contributed by atoms with van der Waals surface area (Å²) in [5.41, 5.74) is 4.75. The first-order valence-electron chi connectivity index (χ1n) is 6.60. The molecule has 3 rings (SSSR count). The van der Waals surface area contributed by atoms with Gasteiger partial charge in [-0.3, -0.25) is 5.10 Å². The summed E-state index contributed by atoms with van der Waals surface area (Å²) in [5, 5.41) is 18.3. The minimum Gasteiger partial charge on any atom is -0.308 e. The van der Waals surface area contributed by atoms with E-state index in [4.69, 9.17) is 0 Å². The summed E-state index contributed by atoms with van der Waals surface area (Å²) in [7, 11) is 0. The van der Waals surface area contributed by atoms with Gasteiger partial charge in [-0.1, -0.05) is 16.6 Å². The number of amides is 2. The molecular weight excluding hydrogens is 300 g/mol. The van der Waals surface area contributed by atoms with E-state index in [9.17, 15) is 4.79 Å². The summed E-state index contributed by atoms with van der Waals surface area (Å²) >= 11 is 1.30. The van der Waals surface area contributed by atoms with Crippen LogP contribution in [0.3, 0.4) is 0 Å². The standard InChI is InChI=1S/C14H14N6OS/c1-8-13(9(2)18-17-8)16-14(21)15-11-5-3-10(4-6-11)12-7-22-20-19-12/h3-7H,1-2H3,(H,17,18)(H2,15,16,21). The zero-order valence-electron chi connectivity index (χ0n) is 12.0. The highest BCUT2D eigenvalue weighted by molar-refractivity contribution is 7.03. The highest BCUT2D eigenvalue weighted by Crippen LogP contribution is 2.21. The first-order valence-corrected chi connectivity index (χ1v) is 7.44. The Morgan fingerprint density at radius 3 is 2.55 bits per heavy atom. The van der Waals surface area contributed by atoms with Gasteiger partial charge in [-0.15, -0.1) is 5.10 Å². The second kappa shape index (κ2) is 5.94. The molecule has 2 aromatic heterocycles. The van der Waals surface area contributed by atoms with E-state index >= 15 is 0 Å². The van der Waals surface area contributed by atoms with E-state index in [1.54, 1.807) is 0 Å². The fourth-order valence-corrected chi connectivity index (χ4v) is 2.49. The van der Waals surface area contributed by atoms with Crippen LogP contribution in [0.15, 0.2) is 29.6 Å². The van der Waals surface area contributed by atoms with E-state index in [2.05, 4.69) is 30.4 Å². The summed E-state index contributed by atoms with van der Waals surface area (Å²) in [6.45, 7) is 3.68. The highest BCUT2D eigenvalue weighted by Gasteiger charge is 2.10. The van der Waals surface area contributed by atoms with Gasteiger partial charge < -0.3 is 10.6 Å². The summed E-state index contributed by atoms with van der Waals surface area (Å²) in [6.07, 6.45) is 0. The van der Waals surface area contributed by atoms with Crippen molar-refractivity contribution in [2.45, 2.75) is 13.8 Å². The normalized spacial score (nSPS) is 10.5. The number of aromatic amines is 1. The van der Waals surface area contributed by atoms with Crippen molar-refractivity contribution in [1.29, 1.82) is 0 Å². The molecule has 0 saturated carbocycles. The molecule has 2 heterocycles. The van der Waals surface area contributed by atoms with E-state index in [0.717, 1.165) is 22.6 Å². The third-order valence-corrected chi connectivity index (χ3v) is 3.67. The Labute approximate surface area is 130 Å². The minimum atomic E-state index is -0.310. The first kappa shape index (κ1) is 14.2. The monoisotopic (exact) mass is 314 g/mol. The number of rotatable bonds is 3. The number of hydrogen-bond acceptors (Lipinski definition) is 5. The van der Waals surface area contributed by atoms with Crippen molar-refractivity contribution in [3.63, 3.8) is 0 Å². The largest absolute Gasteiger partial charge is 0.323 e. The molecule has 0 aliphatic carbocycles. The fourth-order valence-electron chi connectivity index (χ4n) is 2.03. The van der Waals surface area contributed by atoms with Gasteiger partial charge in [0.25, 0.3) is 0 Å². The Hall–Kier alpha value is -2.74. The minimum absolute atomic E-state index is 0.310. The zero-order valence-corrected chi connectivity index (χ0v) is 12.9. The van der Waals surface area contributed by atoms with Gasteiger partial charge in [0.2, 0.25) is 0 Å². The lowest BCUT2D eigenvalue weighted by Gasteiger charge is -2.08. The van der Waals surface area contributed by atoms with Gasteiger partial charge in [-0.05, 0) is 37.5 Å². The van der Waals surface area contributed by atoms with E-state index in [-0.39, 0.29) is 6.03 Å². The van der Waals surface area contributed by atoms with Gasteiger partial charge in [0.05, 0.1) is 17.1 Å². The molecule has 3 N–H and O–H groups in total. The molecule has 0 fully saturated rings. The third-order valence-electron chi connectivity index (χ3n) is 3.17. The van der Waals surface area contributed by atoms with E-state index in [1.807, 2.05) is 43.5 Å². The van der Waals surface area contributed by atoms with E-state index in [1.165, 1.54) is 11.5 Å². The lowest BCUT2D eigenvalue weighted by Crippen LogP contribution is -2.20. The molecule has 3 aromatic rings. The molecule has 1 aromatic carbocycles. The number of benzene rings is 1. The number of aromatic nitrogens is 4. The first-order chi connectivity index (χ1) is 10.6. The molecule has 0 spiro atoms. The Morgan fingerprint density at radius 1 is 1.18 bits per heavy atom. The summed E-state index contributed by atoms with van der Waals surface area (Å²) in [5.74, 6) is 0. The van der Waals surface area contributed by atoms with Gasteiger partial charge in [0.1, 0.15) is 5.69 Å². The third kappa shape index (κ3) is 2.96. The molecule has 2 amide bonds. The van der Waals surface area contributed by atoms with Gasteiger partial charge >= 0.3 is 6.03 Å². The lowest BCUT2D eigenvalue weighted by molar-refractivity contribution is 0.262. The van der Waals surface area contributed by atoms with Crippen LogP contribution >= 0.6 is 11.5 Å². The molecule has 22 heavy (non-hydrogen) atoms. The Morgan fingerprint density at radius 2 is 1.95 bits per heavy atom. The molecule has 0 aliphatic heterocycles. The van der Waals surface area contributed by atoms with E-state index < -0.39 is 0 Å². The van der Waals surface area contributed by atoms with Crippen molar-refractivity contribution >= 4 is 28.9 Å². The lowest BCUT2D eigenvalue weighted by atomic mass is 10.1. The fraction of sp³-hybridized carbons (Fsp3) is 0.143. The molecule has 0 atom stereocenters. The predicted octanol–water partition coefficient (Wildman–Crippen LogP) is 3.19. The average Bonchev–Trinajstić information content (AvgIpc) is 3.14. The van der Waals surface area contributed by atoms with Crippen molar-refractivity contribution in [2.75, 3.05) is 10.6 Å². The highest BCUT2D eigenvalue weighted by atomic mass is 32.1. The molecule has 0 aliphatic rings. The quantitative estimate of drug-likeness (QED) is 0.692. The molecule has 7 nitrogen and oxygen atoms in total. The van der Waals surface area contributed by atoms with Crippen molar-refractivity contribution in [1.82, 2.24) is 19.8 Å². The van der Waals surface area contributed by atoms with E-state index in [0.29, 0.717) is 11.4 Å². The number of anilines is 2. The van der Waals surface area contributed by atoms with Crippen molar-refractivity contribution in [2.24, 2.45) is 0 Å². The number of hydrogen-bond donors (Lipinski definition) is 3. The van der Waals surface area contributed by atoms with Gasteiger partial charge in [-0.25, -0.2) is 4.79 Å². The zero-order chi connectivity index (χ0) is 15.5. The van der Waals surface area contributed by atoms with Crippen LogP contribution in [0.2, 0.25) is 0 Å². The number of urea groups is 1. The average molecular weight is 314 g/mol. The Kier molecular flexibility index (Phi) is 3.84. The van der Waals surface area contributed by atoms with Crippen molar-refractivity contribution in [3.05, 3.63) is 41.0 Å². The van der Waals surface area contributed by atoms with Crippen LogP contribution in [0.5, 0.6) is 0 Å². The summed E-state index contributed by atoms with van der Waals surface area (Å²) in [4.78, 5) is 12.0. The number of carbonyl (C=O) groups excluding carboxylic acids is 1. The van der Waals surface area contributed by atoms with Crippen LogP contribution in [0.25, 0.3) is 11.3 Å². The SMILES string of the molecule is Cc1n[nH]c(C)c1NC(=O)Nc1ccc(-c2csnn2)cc1. The smallest absolute Gasteiger partial charge is 0.308 e. The van der Waals surface area contributed by atoms with Crippen LogP contribution in [-0.4, -0.2) is 25.8 Å². The Balaban J connectivity index is 1.67. The van der Waals surface area contributed by atoms with Crippen LogP contribution in [0.1, 0.15) is 11.4 Å². The van der Waals surface area contributed by atoms with Gasteiger partial charge in [0.15, 0.2) is 0 Å². The maximum atomic E-state index is 12.0. The second-order valence-corrected chi connectivity index (χ2v) is 5.37. The van der Waals surface area contributed by atoms with Gasteiger partial charge in [0, 0.05) is 16.6 Å². The summed E-state index contributed by atoms with van der Waals surface area (Å²) in [6, 6.07) is 7.12. The maximum Gasteiger partial charge on any atom is 0.323 e. The molecular formula is C14H14N6OS. The number of nitrogens with one attached hydrogen (secondary N) is 3. The molecule has 112 valence electrons. The molecule has 8 heteroatoms. The number of aryl methyl sites for hydroxylation is 2. The molecule has 0 saturated heterocycles. The van der Waals surface area contributed by atoms with Crippen molar-refractivity contribution < 1.29 is 4.79 Å². The predicted molar refractivity (Wildman–Crippen MR) is 86.0 cm³/mol. The number of nitrogens with zero attached hydrogens (tertiary/aromatic N) is 3. The number of carbonyl (C=O) groups is 1. The van der Waals surface area contributed by atoms with Crippen LogP contribution < -0.4 is 10.6 Å². The Bertz CT molecular complexity index is 759. The van der Waals surface area contributed by atoms with Crippen LogP contribution in [-0.2, 0) is 0 Å². The molecule has 0 radical (unpaired) electrons. The van der Waals surface area contributed by atoms with Gasteiger partial charge in [-0.2, -0.15) is 5.10 Å². The topological polar surface area (TPSA) is 95.6 Å².